The van der Waals surface area contributed by atoms with Crippen LogP contribution in [0.3, 0.4) is 0 Å². The van der Waals surface area contributed by atoms with Crippen molar-refractivity contribution in [1.82, 2.24) is 10.4 Å². The topological polar surface area (TPSA) is 66.5 Å². The van der Waals surface area contributed by atoms with Gasteiger partial charge in [-0.05, 0) is 38.4 Å². The zero-order valence-corrected chi connectivity index (χ0v) is 12.0. The summed E-state index contributed by atoms with van der Waals surface area (Å²) in [4.78, 5) is 7.98. The Labute approximate surface area is 116 Å². The van der Waals surface area contributed by atoms with Crippen LogP contribution in [0.4, 0.5) is 5.13 Å². The molecule has 1 aromatic heterocycles. The summed E-state index contributed by atoms with van der Waals surface area (Å²) in [5, 5.41) is 5.23. The van der Waals surface area contributed by atoms with Gasteiger partial charge in [-0.15, -0.1) is 0 Å². The minimum Gasteiger partial charge on any atom is -0.375 e. The molecule has 1 aromatic rings. The van der Waals surface area contributed by atoms with Gasteiger partial charge in [0, 0.05) is 13.1 Å². The maximum atomic E-state index is 5.30. The number of nitrogens with zero attached hydrogens (tertiary/aromatic N) is 3. The number of piperidine rings is 1. The van der Waals surface area contributed by atoms with E-state index >= 15 is 0 Å². The van der Waals surface area contributed by atoms with Crippen molar-refractivity contribution < 1.29 is 0 Å². The van der Waals surface area contributed by atoms with E-state index < -0.39 is 0 Å². The Balaban J connectivity index is 2.06. The van der Waals surface area contributed by atoms with Crippen molar-refractivity contribution in [3.8, 4) is 0 Å². The van der Waals surface area contributed by atoms with Gasteiger partial charge in [0.2, 0.25) is 0 Å². The van der Waals surface area contributed by atoms with Crippen LogP contribution in [0.15, 0.2) is 5.10 Å². The zero-order chi connectivity index (χ0) is 13.0. The van der Waals surface area contributed by atoms with Gasteiger partial charge in [-0.25, -0.2) is 4.98 Å². The summed E-state index contributed by atoms with van der Waals surface area (Å²) >= 11 is 6.34. The van der Waals surface area contributed by atoms with Gasteiger partial charge < -0.3 is 10.6 Å². The molecular formula is C11H17N5S2. The first-order valence-corrected chi connectivity index (χ1v) is 7.20. The number of rotatable bonds is 3. The summed E-state index contributed by atoms with van der Waals surface area (Å²) in [5.74, 6) is 0. The first kappa shape index (κ1) is 13.2. The number of hydrogen-bond acceptors (Lipinski definition) is 5. The molecule has 0 radical (unpaired) electrons. The summed E-state index contributed by atoms with van der Waals surface area (Å²) < 4.78 is 0. The Bertz CT molecular complexity index is 448. The number of thiazole rings is 1. The largest absolute Gasteiger partial charge is 0.375 e. The second-order valence-corrected chi connectivity index (χ2v) is 5.68. The molecule has 5 nitrogen and oxygen atoms in total. The van der Waals surface area contributed by atoms with Crippen molar-refractivity contribution in [1.29, 1.82) is 0 Å². The van der Waals surface area contributed by atoms with Crippen LogP contribution in [0.5, 0.6) is 0 Å². The predicted octanol–water partition coefficient (Wildman–Crippen LogP) is 1.61. The highest BCUT2D eigenvalue weighted by molar-refractivity contribution is 7.80. The normalized spacial score (nSPS) is 16.2. The minimum atomic E-state index is 0.171. The van der Waals surface area contributed by atoms with Crippen molar-refractivity contribution in [2.24, 2.45) is 10.8 Å². The van der Waals surface area contributed by atoms with Crippen LogP contribution < -0.4 is 16.1 Å². The standard InChI is InChI=1S/C11H17N5S2/c1-8-9(7-13-15-10(12)17)18-11(14-8)16-5-3-2-4-6-16/h7H,2-6H2,1H3,(H3,12,15,17)/b13-7-. The Morgan fingerprint density at radius 2 is 2.22 bits per heavy atom. The third-order valence-corrected chi connectivity index (χ3v) is 4.05. The fourth-order valence-electron chi connectivity index (χ4n) is 1.89. The first-order chi connectivity index (χ1) is 8.66. The number of hydrogen-bond donors (Lipinski definition) is 2. The van der Waals surface area contributed by atoms with Crippen molar-refractivity contribution >= 4 is 40.0 Å². The van der Waals surface area contributed by atoms with Crippen molar-refractivity contribution in [2.45, 2.75) is 26.2 Å². The molecule has 1 fully saturated rings. The lowest BCUT2D eigenvalue weighted by Gasteiger charge is -2.25. The van der Waals surface area contributed by atoms with Crippen molar-refractivity contribution in [3.63, 3.8) is 0 Å². The number of anilines is 1. The zero-order valence-electron chi connectivity index (χ0n) is 10.3. The smallest absolute Gasteiger partial charge is 0.186 e. The van der Waals surface area contributed by atoms with E-state index in [1.165, 1.54) is 19.3 Å². The van der Waals surface area contributed by atoms with E-state index in [9.17, 15) is 0 Å². The first-order valence-electron chi connectivity index (χ1n) is 5.97. The highest BCUT2D eigenvalue weighted by Gasteiger charge is 2.15. The SMILES string of the molecule is Cc1nc(N2CCCCC2)sc1/C=N\NC(N)=S. The molecule has 1 aliphatic heterocycles. The number of nitrogens with one attached hydrogen (secondary N) is 1. The molecule has 0 aliphatic carbocycles. The summed E-state index contributed by atoms with van der Waals surface area (Å²) in [5.41, 5.74) is 8.85. The van der Waals surface area contributed by atoms with Gasteiger partial charge in [0.1, 0.15) is 0 Å². The fraction of sp³-hybridized carbons (Fsp3) is 0.545. The molecule has 0 atom stereocenters. The van der Waals surface area contributed by atoms with E-state index in [2.05, 4.69) is 32.6 Å². The third-order valence-electron chi connectivity index (χ3n) is 2.80. The number of hydrazone groups is 1. The molecule has 2 rings (SSSR count). The second-order valence-electron chi connectivity index (χ2n) is 4.23. The van der Waals surface area contributed by atoms with Crippen LogP contribution in [-0.2, 0) is 0 Å². The molecule has 1 saturated heterocycles. The highest BCUT2D eigenvalue weighted by atomic mass is 32.1. The summed E-state index contributed by atoms with van der Waals surface area (Å²) in [6, 6.07) is 0. The monoisotopic (exact) mass is 283 g/mol. The van der Waals surface area contributed by atoms with Crippen LogP contribution in [0.1, 0.15) is 29.8 Å². The lowest BCUT2D eigenvalue weighted by atomic mass is 10.1. The van der Waals surface area contributed by atoms with Gasteiger partial charge in [-0.2, -0.15) is 5.10 Å². The maximum Gasteiger partial charge on any atom is 0.186 e. The molecule has 0 saturated carbocycles. The molecule has 0 spiro atoms. The lowest BCUT2D eigenvalue weighted by Crippen LogP contribution is -2.29. The van der Waals surface area contributed by atoms with E-state index in [0.717, 1.165) is 28.8 Å². The van der Waals surface area contributed by atoms with Crippen molar-refractivity contribution in [3.05, 3.63) is 10.6 Å². The Kier molecular flexibility index (Phi) is 4.48. The van der Waals surface area contributed by atoms with E-state index in [1.54, 1.807) is 17.6 Å². The Morgan fingerprint density at radius 3 is 2.89 bits per heavy atom. The second kappa shape index (κ2) is 6.10. The van der Waals surface area contributed by atoms with Gasteiger partial charge in [-0.3, -0.25) is 5.43 Å². The number of nitrogens with two attached hydrogens (primary N) is 1. The lowest BCUT2D eigenvalue weighted by molar-refractivity contribution is 0.576. The molecule has 7 heteroatoms. The van der Waals surface area contributed by atoms with Gasteiger partial charge in [0.25, 0.3) is 0 Å². The maximum absolute atomic E-state index is 5.30. The minimum absolute atomic E-state index is 0.171. The van der Waals surface area contributed by atoms with Crippen LogP contribution in [0.2, 0.25) is 0 Å². The molecule has 3 N–H and O–H groups in total. The van der Waals surface area contributed by atoms with E-state index in [1.807, 2.05) is 6.92 Å². The fourth-order valence-corrected chi connectivity index (χ4v) is 2.93. The van der Waals surface area contributed by atoms with E-state index in [0.29, 0.717) is 0 Å². The molecule has 0 unspecified atom stereocenters. The van der Waals surface area contributed by atoms with Gasteiger partial charge in [0.05, 0.1) is 16.8 Å². The number of aryl methyl sites for hydroxylation is 1. The average molecular weight is 283 g/mol. The molecule has 2 heterocycles. The molecule has 0 aromatic carbocycles. The predicted molar refractivity (Wildman–Crippen MR) is 80.4 cm³/mol. The molecule has 18 heavy (non-hydrogen) atoms. The Hall–Kier alpha value is -1.21. The summed E-state index contributed by atoms with van der Waals surface area (Å²) in [7, 11) is 0. The van der Waals surface area contributed by atoms with Gasteiger partial charge in [0.15, 0.2) is 10.2 Å². The molecule has 1 aliphatic rings. The van der Waals surface area contributed by atoms with E-state index in [4.69, 9.17) is 5.73 Å². The number of thiocarbonyl (C=S) groups is 1. The summed E-state index contributed by atoms with van der Waals surface area (Å²) in [6.45, 7) is 4.20. The molecule has 0 bridgehead atoms. The molecule has 98 valence electrons. The quantitative estimate of drug-likeness (QED) is 0.501. The average Bonchev–Trinajstić information content (AvgIpc) is 2.72. The Morgan fingerprint density at radius 1 is 1.50 bits per heavy atom. The number of aromatic nitrogens is 1. The summed E-state index contributed by atoms with van der Waals surface area (Å²) in [6.07, 6.45) is 5.56. The van der Waals surface area contributed by atoms with Crippen LogP contribution >= 0.6 is 23.6 Å². The molecular weight excluding hydrogens is 266 g/mol. The van der Waals surface area contributed by atoms with Gasteiger partial charge in [-0.1, -0.05) is 11.3 Å². The van der Waals surface area contributed by atoms with Crippen LogP contribution in [0.25, 0.3) is 0 Å². The van der Waals surface area contributed by atoms with Crippen molar-refractivity contribution in [2.75, 3.05) is 18.0 Å². The third kappa shape index (κ3) is 3.39. The van der Waals surface area contributed by atoms with Crippen LogP contribution in [0, 0.1) is 6.92 Å². The van der Waals surface area contributed by atoms with Gasteiger partial charge >= 0.3 is 0 Å². The van der Waals surface area contributed by atoms with Crippen LogP contribution in [-0.4, -0.2) is 29.4 Å². The highest BCUT2D eigenvalue weighted by Crippen LogP contribution is 2.27. The molecule has 0 amide bonds. The van der Waals surface area contributed by atoms with E-state index in [-0.39, 0.29) is 5.11 Å².